The topological polar surface area (TPSA) is 0 Å². The van der Waals surface area contributed by atoms with Crippen LogP contribution < -0.4 is 0 Å². The van der Waals surface area contributed by atoms with Crippen molar-refractivity contribution in [3.8, 4) is 0 Å². The molecular weight excluding hydrogens is 342 g/mol. The summed E-state index contributed by atoms with van der Waals surface area (Å²) in [6, 6.07) is 6.12. The van der Waals surface area contributed by atoms with Crippen LogP contribution in [0.1, 0.15) is 21.4 Å². The van der Waals surface area contributed by atoms with Gasteiger partial charge >= 0.3 is 0 Å². The van der Waals surface area contributed by atoms with Crippen LogP contribution in [0.25, 0.3) is 0 Å². The van der Waals surface area contributed by atoms with Gasteiger partial charge in [-0.05, 0) is 52.5 Å². The maximum absolute atomic E-state index is 13.5. The molecule has 0 radical (unpaired) electrons. The molecule has 0 aliphatic carbocycles. The van der Waals surface area contributed by atoms with Crippen molar-refractivity contribution < 1.29 is 8.78 Å². The second-order valence-electron chi connectivity index (χ2n) is 3.99. The van der Waals surface area contributed by atoms with E-state index in [1.807, 2.05) is 13.0 Å². The molecule has 1 heterocycles. The first-order valence-corrected chi connectivity index (χ1v) is 7.36. The average molecular weight is 352 g/mol. The first kappa shape index (κ1) is 14.0. The minimum atomic E-state index is -0.833. The lowest BCUT2D eigenvalue weighted by Gasteiger charge is -2.08. The van der Waals surface area contributed by atoms with Crippen LogP contribution in [0.5, 0.6) is 0 Å². The smallest absolute Gasteiger partial charge is 0.162 e. The molecule has 0 aliphatic heterocycles. The van der Waals surface area contributed by atoms with Crippen LogP contribution in [0.15, 0.2) is 28.1 Å². The summed E-state index contributed by atoms with van der Waals surface area (Å²) in [6.45, 7) is 1.97. The lowest BCUT2D eigenvalue weighted by Crippen LogP contribution is -1.98. The molecule has 0 amide bonds. The summed E-state index contributed by atoms with van der Waals surface area (Å²) in [6.07, 6.45) is 0.275. The summed E-state index contributed by atoms with van der Waals surface area (Å²) in [5.74, 6) is -1.64. The summed E-state index contributed by atoms with van der Waals surface area (Å²) >= 11 is 11.2. The van der Waals surface area contributed by atoms with E-state index in [0.29, 0.717) is 5.56 Å². The quantitative estimate of drug-likeness (QED) is 0.630. The zero-order valence-electron chi connectivity index (χ0n) is 9.51. The molecule has 2 rings (SSSR count). The van der Waals surface area contributed by atoms with E-state index < -0.39 is 11.6 Å². The molecule has 0 aliphatic rings. The first-order valence-electron chi connectivity index (χ1n) is 5.32. The second-order valence-corrected chi connectivity index (χ2v) is 6.92. The Morgan fingerprint density at radius 1 is 1.39 bits per heavy atom. The van der Waals surface area contributed by atoms with E-state index in [0.717, 1.165) is 20.3 Å². The minimum absolute atomic E-state index is 0.275. The fourth-order valence-corrected chi connectivity index (χ4v) is 3.55. The third-order valence-corrected chi connectivity index (χ3v) is 5.38. The second kappa shape index (κ2) is 5.68. The number of rotatable bonds is 3. The minimum Gasteiger partial charge on any atom is -0.204 e. The van der Waals surface area contributed by atoms with Crippen molar-refractivity contribution in [2.24, 2.45) is 0 Å². The number of aryl methyl sites for hydroxylation is 1. The predicted molar refractivity (Wildman–Crippen MR) is 75.4 cm³/mol. The Morgan fingerprint density at radius 2 is 2.11 bits per heavy atom. The van der Waals surface area contributed by atoms with Crippen molar-refractivity contribution in [2.75, 3.05) is 0 Å². The number of benzene rings is 1. The Hall–Kier alpha value is -0.450. The number of halogens is 4. The van der Waals surface area contributed by atoms with Crippen LogP contribution in [0, 0.1) is 18.6 Å². The Kier molecular flexibility index (Phi) is 4.41. The van der Waals surface area contributed by atoms with Crippen molar-refractivity contribution in [2.45, 2.75) is 18.7 Å². The highest BCUT2D eigenvalue weighted by Gasteiger charge is 2.16. The van der Waals surface area contributed by atoms with Gasteiger partial charge < -0.3 is 0 Å². The van der Waals surface area contributed by atoms with Gasteiger partial charge in [0.2, 0.25) is 0 Å². The largest absolute Gasteiger partial charge is 0.204 e. The highest BCUT2D eigenvalue weighted by Crippen LogP contribution is 2.36. The third kappa shape index (κ3) is 2.92. The molecule has 2 aromatic rings. The molecule has 0 nitrogen and oxygen atoms in total. The van der Waals surface area contributed by atoms with Crippen molar-refractivity contribution in [3.05, 3.63) is 55.7 Å². The zero-order chi connectivity index (χ0) is 13.3. The van der Waals surface area contributed by atoms with E-state index in [4.69, 9.17) is 11.6 Å². The standard InChI is InChI=1S/C13H10BrClF2S/c1-7-5-11(18-13(7)14)9(15)6-8-3-2-4-10(16)12(8)17/h2-5,9H,6H2,1H3. The van der Waals surface area contributed by atoms with Gasteiger partial charge in [0.25, 0.3) is 0 Å². The average Bonchev–Trinajstić information content (AvgIpc) is 2.66. The van der Waals surface area contributed by atoms with E-state index in [2.05, 4.69) is 15.9 Å². The van der Waals surface area contributed by atoms with Crippen LogP contribution in [0.3, 0.4) is 0 Å². The molecule has 96 valence electrons. The summed E-state index contributed by atoms with van der Waals surface area (Å²) in [5.41, 5.74) is 1.40. The van der Waals surface area contributed by atoms with Gasteiger partial charge in [-0.25, -0.2) is 8.78 Å². The molecule has 18 heavy (non-hydrogen) atoms. The fourth-order valence-electron chi connectivity index (χ4n) is 1.64. The molecule has 1 aromatic carbocycles. The lowest BCUT2D eigenvalue weighted by molar-refractivity contribution is 0.498. The van der Waals surface area contributed by atoms with E-state index in [9.17, 15) is 8.78 Å². The fraction of sp³-hybridized carbons (Fsp3) is 0.231. The number of thiophene rings is 1. The van der Waals surface area contributed by atoms with Crippen molar-refractivity contribution in [1.82, 2.24) is 0 Å². The maximum atomic E-state index is 13.5. The molecule has 0 N–H and O–H groups in total. The Labute approximate surface area is 122 Å². The van der Waals surface area contributed by atoms with Crippen LogP contribution in [0.2, 0.25) is 0 Å². The summed E-state index contributed by atoms with van der Waals surface area (Å²) in [5, 5.41) is -0.351. The molecule has 0 spiro atoms. The number of hydrogen-bond acceptors (Lipinski definition) is 1. The highest BCUT2D eigenvalue weighted by atomic mass is 79.9. The normalized spacial score (nSPS) is 12.7. The Balaban J connectivity index is 2.21. The molecule has 5 heteroatoms. The SMILES string of the molecule is Cc1cc(C(Cl)Cc2cccc(F)c2F)sc1Br. The molecule has 1 aromatic heterocycles. The van der Waals surface area contributed by atoms with Crippen molar-refractivity contribution >= 4 is 38.9 Å². The van der Waals surface area contributed by atoms with E-state index in [-0.39, 0.29) is 11.8 Å². The summed E-state index contributed by atoms with van der Waals surface area (Å²) in [7, 11) is 0. The Morgan fingerprint density at radius 3 is 2.72 bits per heavy atom. The van der Waals surface area contributed by atoms with Gasteiger partial charge in [-0.1, -0.05) is 12.1 Å². The molecule has 1 atom stereocenters. The monoisotopic (exact) mass is 350 g/mol. The number of alkyl halides is 1. The van der Waals surface area contributed by atoms with Gasteiger partial charge in [-0.3, -0.25) is 0 Å². The molecule has 0 fully saturated rings. The van der Waals surface area contributed by atoms with Crippen LogP contribution >= 0.6 is 38.9 Å². The summed E-state index contributed by atoms with van der Waals surface area (Å²) in [4.78, 5) is 0.949. The molecular formula is C13H10BrClF2S. The van der Waals surface area contributed by atoms with Gasteiger partial charge in [0.15, 0.2) is 11.6 Å². The van der Waals surface area contributed by atoms with Crippen LogP contribution in [-0.4, -0.2) is 0 Å². The van der Waals surface area contributed by atoms with E-state index in [1.54, 1.807) is 6.07 Å². The van der Waals surface area contributed by atoms with Crippen molar-refractivity contribution in [3.63, 3.8) is 0 Å². The van der Waals surface area contributed by atoms with Gasteiger partial charge in [-0.15, -0.1) is 22.9 Å². The molecule has 0 saturated carbocycles. The molecule has 0 saturated heterocycles. The van der Waals surface area contributed by atoms with Crippen molar-refractivity contribution in [1.29, 1.82) is 0 Å². The first-order chi connectivity index (χ1) is 8.49. The van der Waals surface area contributed by atoms with Gasteiger partial charge in [0.1, 0.15) is 0 Å². The van der Waals surface area contributed by atoms with Gasteiger partial charge in [0, 0.05) is 4.88 Å². The summed E-state index contributed by atoms with van der Waals surface area (Å²) < 4.78 is 27.6. The Bertz CT molecular complexity index is 549. The van der Waals surface area contributed by atoms with Gasteiger partial charge in [-0.2, -0.15) is 0 Å². The van der Waals surface area contributed by atoms with Crippen LogP contribution in [-0.2, 0) is 6.42 Å². The highest BCUT2D eigenvalue weighted by molar-refractivity contribution is 9.11. The van der Waals surface area contributed by atoms with E-state index in [1.165, 1.54) is 17.4 Å². The van der Waals surface area contributed by atoms with Crippen LogP contribution in [0.4, 0.5) is 8.78 Å². The zero-order valence-corrected chi connectivity index (χ0v) is 12.7. The molecule has 1 unspecified atom stereocenters. The lowest BCUT2D eigenvalue weighted by atomic mass is 10.1. The van der Waals surface area contributed by atoms with E-state index >= 15 is 0 Å². The third-order valence-electron chi connectivity index (χ3n) is 2.62. The van der Waals surface area contributed by atoms with Gasteiger partial charge in [0.05, 0.1) is 9.16 Å². The molecule has 0 bridgehead atoms. The maximum Gasteiger partial charge on any atom is 0.162 e. The predicted octanol–water partition coefficient (Wildman–Crippen LogP) is 5.62. The number of hydrogen-bond donors (Lipinski definition) is 0.